The lowest BCUT2D eigenvalue weighted by Gasteiger charge is -2.20. The second-order valence-electron chi connectivity index (χ2n) is 4.12. The van der Waals surface area contributed by atoms with Crippen LogP contribution >= 0.6 is 12.2 Å². The van der Waals surface area contributed by atoms with E-state index in [4.69, 9.17) is 0 Å². The Hall–Kier alpha value is -0.110. The molecule has 0 aromatic rings. The molecule has 0 aromatic heterocycles. The van der Waals surface area contributed by atoms with E-state index in [1.165, 1.54) is 44.9 Å². The fourth-order valence-corrected chi connectivity index (χ4v) is 2.32. The number of hydrogen-bond acceptors (Lipinski definition) is 1. The summed E-state index contributed by atoms with van der Waals surface area (Å²) in [7, 11) is 0. The first-order valence-electron chi connectivity index (χ1n) is 5.49. The minimum absolute atomic E-state index is 0.0661. The molecule has 1 saturated carbocycles. The molecule has 0 aromatic carbocycles. The van der Waals surface area contributed by atoms with Crippen molar-refractivity contribution in [1.82, 2.24) is 0 Å². The van der Waals surface area contributed by atoms with E-state index in [2.05, 4.69) is 12.2 Å². The Morgan fingerprint density at radius 2 is 1.85 bits per heavy atom. The lowest BCUT2D eigenvalue weighted by molar-refractivity contribution is 0.328. The lowest BCUT2D eigenvalue weighted by Crippen LogP contribution is -2.05. The number of hydrogen-bond donors (Lipinski definition) is 0. The van der Waals surface area contributed by atoms with Crippen molar-refractivity contribution in [3.05, 3.63) is 0 Å². The maximum atomic E-state index is 10.5. The van der Waals surface area contributed by atoms with Crippen LogP contribution in [0.1, 0.15) is 57.8 Å². The standard InChI is InChI=1S/C11H19OS/c12-11(13)9-5-4-8-10-6-2-1-3-7-10/h10H,1-9H2. The molecule has 1 aliphatic rings. The van der Waals surface area contributed by atoms with Gasteiger partial charge in [0.15, 0.2) is 0 Å². The molecule has 1 nitrogen and oxygen atoms in total. The largest absolute Gasteiger partial charge is 0.282 e. The Balaban J connectivity index is 1.95. The molecule has 0 bridgehead atoms. The normalized spacial score (nSPS) is 18.8. The summed E-state index contributed by atoms with van der Waals surface area (Å²) in [5.74, 6) is 0.953. The van der Waals surface area contributed by atoms with Gasteiger partial charge in [0.1, 0.15) is 0 Å². The van der Waals surface area contributed by atoms with Crippen LogP contribution in [0.5, 0.6) is 0 Å². The Morgan fingerprint density at radius 1 is 1.15 bits per heavy atom. The average Bonchev–Trinajstić information content (AvgIpc) is 2.14. The maximum Gasteiger partial charge on any atom is 0.218 e. The molecule has 0 spiro atoms. The van der Waals surface area contributed by atoms with E-state index in [9.17, 15) is 5.11 Å². The second kappa shape index (κ2) is 6.36. The summed E-state index contributed by atoms with van der Waals surface area (Å²) in [4.78, 5) is 0. The zero-order chi connectivity index (χ0) is 9.52. The van der Waals surface area contributed by atoms with Crippen LogP contribution in [0.4, 0.5) is 0 Å². The number of thiocarbonyl (C=S) groups is 1. The van der Waals surface area contributed by atoms with E-state index in [-0.39, 0.29) is 5.05 Å². The maximum absolute atomic E-state index is 10.5. The van der Waals surface area contributed by atoms with Crippen molar-refractivity contribution < 1.29 is 5.11 Å². The van der Waals surface area contributed by atoms with Crippen molar-refractivity contribution in [2.45, 2.75) is 57.8 Å². The number of unbranched alkanes of at least 4 members (excludes halogenated alkanes) is 1. The van der Waals surface area contributed by atoms with E-state index in [1.54, 1.807) is 0 Å². The first kappa shape index (κ1) is 11.0. The van der Waals surface area contributed by atoms with Crippen molar-refractivity contribution in [2.75, 3.05) is 0 Å². The third-order valence-electron chi connectivity index (χ3n) is 2.97. The molecule has 0 N–H and O–H groups in total. The molecule has 0 amide bonds. The van der Waals surface area contributed by atoms with Crippen molar-refractivity contribution >= 4 is 17.3 Å². The quantitative estimate of drug-likeness (QED) is 0.486. The minimum atomic E-state index is -0.0661. The topological polar surface area (TPSA) is 19.9 Å². The van der Waals surface area contributed by atoms with Crippen LogP contribution in [0.25, 0.3) is 0 Å². The van der Waals surface area contributed by atoms with E-state index in [1.807, 2.05) is 0 Å². The average molecular weight is 199 g/mol. The highest BCUT2D eigenvalue weighted by Gasteiger charge is 2.12. The molecular formula is C11H19OS. The van der Waals surface area contributed by atoms with Crippen molar-refractivity contribution in [2.24, 2.45) is 5.92 Å². The van der Waals surface area contributed by atoms with Gasteiger partial charge in [0.2, 0.25) is 5.05 Å². The van der Waals surface area contributed by atoms with Gasteiger partial charge in [-0.15, -0.1) is 0 Å². The van der Waals surface area contributed by atoms with Gasteiger partial charge in [-0.25, -0.2) is 0 Å². The van der Waals surface area contributed by atoms with Gasteiger partial charge in [-0.2, -0.15) is 0 Å². The highest BCUT2D eigenvalue weighted by molar-refractivity contribution is 7.80. The zero-order valence-corrected chi connectivity index (χ0v) is 9.07. The minimum Gasteiger partial charge on any atom is -0.282 e. The number of rotatable bonds is 5. The van der Waals surface area contributed by atoms with Crippen LogP contribution in [0, 0.1) is 5.92 Å². The van der Waals surface area contributed by atoms with Gasteiger partial charge in [0, 0.05) is 6.42 Å². The summed E-state index contributed by atoms with van der Waals surface area (Å²) in [6, 6.07) is 0. The third kappa shape index (κ3) is 5.25. The molecule has 1 fully saturated rings. The summed E-state index contributed by atoms with van der Waals surface area (Å²) in [5.41, 5.74) is 0. The summed E-state index contributed by atoms with van der Waals surface area (Å²) in [6.45, 7) is 0. The molecule has 75 valence electrons. The van der Waals surface area contributed by atoms with Crippen LogP contribution < -0.4 is 0 Å². The van der Waals surface area contributed by atoms with Crippen LogP contribution in [-0.4, -0.2) is 5.05 Å². The monoisotopic (exact) mass is 199 g/mol. The van der Waals surface area contributed by atoms with Gasteiger partial charge < -0.3 is 0 Å². The predicted molar refractivity (Wildman–Crippen MR) is 58.3 cm³/mol. The fourth-order valence-electron chi connectivity index (χ4n) is 2.18. The van der Waals surface area contributed by atoms with Gasteiger partial charge in [-0.1, -0.05) is 44.9 Å². The van der Waals surface area contributed by atoms with Crippen LogP contribution in [0.3, 0.4) is 0 Å². The Labute approximate surface area is 86.5 Å². The third-order valence-corrected chi connectivity index (χ3v) is 3.17. The summed E-state index contributed by atoms with van der Waals surface area (Å²) in [5, 5.41) is 10.4. The molecule has 0 aliphatic heterocycles. The highest BCUT2D eigenvalue weighted by Crippen LogP contribution is 2.27. The smallest absolute Gasteiger partial charge is 0.218 e. The molecule has 0 unspecified atom stereocenters. The van der Waals surface area contributed by atoms with Crippen molar-refractivity contribution in [3.63, 3.8) is 0 Å². The van der Waals surface area contributed by atoms with E-state index < -0.39 is 0 Å². The molecule has 0 atom stereocenters. The first-order valence-corrected chi connectivity index (χ1v) is 5.89. The molecule has 13 heavy (non-hydrogen) atoms. The Morgan fingerprint density at radius 3 is 2.46 bits per heavy atom. The van der Waals surface area contributed by atoms with Gasteiger partial charge in [-0.3, -0.25) is 5.11 Å². The SMILES string of the molecule is [O]C(=S)CCCCC1CCCCC1. The van der Waals surface area contributed by atoms with Crippen LogP contribution in [0.15, 0.2) is 0 Å². The van der Waals surface area contributed by atoms with Crippen LogP contribution in [0.2, 0.25) is 0 Å². The molecule has 2 heteroatoms. The van der Waals surface area contributed by atoms with Crippen molar-refractivity contribution in [1.29, 1.82) is 0 Å². The zero-order valence-electron chi connectivity index (χ0n) is 8.26. The van der Waals surface area contributed by atoms with Gasteiger partial charge in [0.25, 0.3) is 0 Å². The first-order chi connectivity index (χ1) is 6.29. The molecular weight excluding hydrogens is 180 g/mol. The Kier molecular flexibility index (Phi) is 5.37. The van der Waals surface area contributed by atoms with Gasteiger partial charge in [0.05, 0.1) is 0 Å². The molecule has 1 aliphatic carbocycles. The van der Waals surface area contributed by atoms with Crippen molar-refractivity contribution in [3.8, 4) is 0 Å². The predicted octanol–water partition coefficient (Wildman–Crippen LogP) is 3.89. The molecule has 1 radical (unpaired) electrons. The van der Waals surface area contributed by atoms with E-state index >= 15 is 0 Å². The fraction of sp³-hybridized carbons (Fsp3) is 0.909. The summed E-state index contributed by atoms with van der Waals surface area (Å²) >= 11 is 4.51. The Bertz CT molecular complexity index is 150. The molecule has 1 rings (SSSR count). The van der Waals surface area contributed by atoms with E-state index in [0.29, 0.717) is 6.42 Å². The summed E-state index contributed by atoms with van der Waals surface area (Å²) < 4.78 is 0. The lowest BCUT2D eigenvalue weighted by atomic mass is 9.86. The van der Waals surface area contributed by atoms with Crippen LogP contribution in [-0.2, 0) is 5.11 Å². The summed E-state index contributed by atoms with van der Waals surface area (Å²) in [6.07, 6.45) is 11.3. The highest BCUT2D eigenvalue weighted by atomic mass is 32.1. The van der Waals surface area contributed by atoms with Gasteiger partial charge >= 0.3 is 0 Å². The van der Waals surface area contributed by atoms with E-state index in [0.717, 1.165) is 12.3 Å². The molecule has 0 saturated heterocycles. The van der Waals surface area contributed by atoms with Gasteiger partial charge in [-0.05, 0) is 24.6 Å². The molecule has 0 heterocycles. The second-order valence-corrected chi connectivity index (χ2v) is 4.58.